The molecule has 0 aliphatic heterocycles. The van der Waals surface area contributed by atoms with Crippen LogP contribution in [-0.2, 0) is 6.42 Å². The number of tetrazole rings is 1. The minimum atomic E-state index is -0.620. The number of benzene rings is 1. The summed E-state index contributed by atoms with van der Waals surface area (Å²) < 4.78 is 2.41. The molecule has 0 radical (unpaired) electrons. The molecule has 1 amide bonds. The molecule has 24 heavy (non-hydrogen) atoms. The maximum atomic E-state index is 12.7. The van der Waals surface area contributed by atoms with Crippen molar-refractivity contribution >= 4 is 38.4 Å². The van der Waals surface area contributed by atoms with Gasteiger partial charge in [-0.15, -0.1) is 0 Å². The quantitative estimate of drug-likeness (QED) is 0.579. The van der Waals surface area contributed by atoms with Gasteiger partial charge in [0.25, 0.3) is 11.5 Å². The van der Waals surface area contributed by atoms with Crippen LogP contribution in [0.4, 0.5) is 5.95 Å². The SMILES string of the molecule is CCc1ccc2c(c1)sc1ncc(C(=O)Nc3nnn[nH]3)c(=O)n12. The Hall–Kier alpha value is -3.14. The molecule has 0 atom stereocenters. The van der Waals surface area contributed by atoms with E-state index in [1.165, 1.54) is 27.5 Å². The van der Waals surface area contributed by atoms with Crippen LogP contribution in [0.25, 0.3) is 15.2 Å². The van der Waals surface area contributed by atoms with Crippen molar-refractivity contribution in [3.8, 4) is 0 Å². The number of thiazole rings is 1. The Bertz CT molecular complexity index is 1110. The maximum absolute atomic E-state index is 12.7. The Labute approximate surface area is 138 Å². The summed E-state index contributed by atoms with van der Waals surface area (Å²) in [7, 11) is 0. The van der Waals surface area contributed by atoms with E-state index in [1.807, 2.05) is 18.2 Å². The molecule has 0 aliphatic carbocycles. The van der Waals surface area contributed by atoms with E-state index in [0.29, 0.717) is 4.96 Å². The van der Waals surface area contributed by atoms with Gasteiger partial charge in [0.1, 0.15) is 5.56 Å². The summed E-state index contributed by atoms with van der Waals surface area (Å²) in [4.78, 5) is 29.8. The van der Waals surface area contributed by atoms with Gasteiger partial charge in [0.2, 0.25) is 5.95 Å². The molecule has 10 heteroatoms. The minimum absolute atomic E-state index is 0.0623. The van der Waals surface area contributed by atoms with Gasteiger partial charge in [-0.3, -0.25) is 19.3 Å². The van der Waals surface area contributed by atoms with E-state index >= 15 is 0 Å². The molecule has 9 nitrogen and oxygen atoms in total. The van der Waals surface area contributed by atoms with E-state index in [-0.39, 0.29) is 11.5 Å². The lowest BCUT2D eigenvalue weighted by atomic mass is 10.2. The lowest BCUT2D eigenvalue weighted by Gasteiger charge is -2.01. The third-order valence-corrected chi connectivity index (χ3v) is 4.64. The number of nitrogens with zero attached hydrogens (tertiary/aromatic N) is 5. The maximum Gasteiger partial charge on any atom is 0.271 e. The van der Waals surface area contributed by atoms with Crippen LogP contribution in [0.3, 0.4) is 0 Å². The molecule has 0 unspecified atom stereocenters. The van der Waals surface area contributed by atoms with E-state index in [1.54, 1.807) is 0 Å². The third-order valence-electron chi connectivity index (χ3n) is 3.63. The van der Waals surface area contributed by atoms with Crippen molar-refractivity contribution in [3.63, 3.8) is 0 Å². The first-order chi connectivity index (χ1) is 11.7. The average Bonchev–Trinajstić information content (AvgIpc) is 3.21. The Morgan fingerprint density at radius 3 is 3.04 bits per heavy atom. The van der Waals surface area contributed by atoms with Crippen LogP contribution in [0, 0.1) is 0 Å². The molecule has 0 bridgehead atoms. The molecule has 0 saturated carbocycles. The van der Waals surface area contributed by atoms with Gasteiger partial charge in [-0.25, -0.2) is 10.1 Å². The number of rotatable bonds is 3. The first-order valence-corrected chi connectivity index (χ1v) is 7.97. The molecule has 0 spiro atoms. The molecule has 2 N–H and O–H groups in total. The van der Waals surface area contributed by atoms with Crippen LogP contribution in [0.5, 0.6) is 0 Å². The summed E-state index contributed by atoms with van der Waals surface area (Å²) in [5.74, 6) is -0.558. The standard InChI is InChI=1S/C14H11N7O2S/c1-2-7-3-4-9-10(5-7)24-14-15-6-8(12(23)21(9)14)11(22)16-13-17-19-20-18-13/h3-6H,2H2,1H3,(H2,16,17,18,19,20,22). The normalized spacial score (nSPS) is 11.2. The summed E-state index contributed by atoms with van der Waals surface area (Å²) in [6, 6.07) is 5.88. The number of aromatic amines is 1. The Balaban J connectivity index is 1.86. The highest BCUT2D eigenvalue weighted by atomic mass is 32.1. The highest BCUT2D eigenvalue weighted by Gasteiger charge is 2.17. The van der Waals surface area contributed by atoms with Gasteiger partial charge in [-0.2, -0.15) is 0 Å². The zero-order valence-corrected chi connectivity index (χ0v) is 13.3. The number of H-pyrrole nitrogens is 1. The number of aryl methyl sites for hydroxylation is 1. The summed E-state index contributed by atoms with van der Waals surface area (Å²) in [6.07, 6.45) is 2.18. The van der Waals surface area contributed by atoms with E-state index in [0.717, 1.165) is 16.6 Å². The first-order valence-electron chi connectivity index (χ1n) is 7.15. The van der Waals surface area contributed by atoms with Gasteiger partial charge < -0.3 is 0 Å². The predicted molar refractivity (Wildman–Crippen MR) is 88.4 cm³/mol. The molecule has 4 aromatic rings. The first kappa shape index (κ1) is 14.5. The molecule has 120 valence electrons. The molecular weight excluding hydrogens is 330 g/mol. The highest BCUT2D eigenvalue weighted by molar-refractivity contribution is 7.23. The minimum Gasteiger partial charge on any atom is -0.289 e. The lowest BCUT2D eigenvalue weighted by Crippen LogP contribution is -2.26. The van der Waals surface area contributed by atoms with Crippen molar-refractivity contribution in [1.29, 1.82) is 0 Å². The molecule has 0 saturated heterocycles. The zero-order chi connectivity index (χ0) is 16.7. The molecule has 3 aromatic heterocycles. The van der Waals surface area contributed by atoms with E-state index in [2.05, 4.69) is 37.8 Å². The van der Waals surface area contributed by atoms with Crippen molar-refractivity contribution in [2.75, 3.05) is 5.32 Å². The lowest BCUT2D eigenvalue weighted by molar-refractivity contribution is 0.102. The Morgan fingerprint density at radius 1 is 1.42 bits per heavy atom. The summed E-state index contributed by atoms with van der Waals surface area (Å²) in [6.45, 7) is 2.07. The van der Waals surface area contributed by atoms with Crippen molar-refractivity contribution < 1.29 is 4.79 Å². The smallest absolute Gasteiger partial charge is 0.271 e. The number of anilines is 1. The van der Waals surface area contributed by atoms with Crippen LogP contribution in [0.15, 0.2) is 29.2 Å². The van der Waals surface area contributed by atoms with Crippen LogP contribution in [0.1, 0.15) is 22.8 Å². The molecule has 0 fully saturated rings. The Morgan fingerprint density at radius 2 is 2.29 bits per heavy atom. The van der Waals surface area contributed by atoms with Crippen molar-refractivity contribution in [3.05, 3.63) is 45.9 Å². The third kappa shape index (κ3) is 2.24. The van der Waals surface area contributed by atoms with Crippen molar-refractivity contribution in [2.24, 2.45) is 0 Å². The number of amides is 1. The summed E-state index contributed by atoms with van der Waals surface area (Å²) in [5.41, 5.74) is 1.40. The number of fused-ring (bicyclic) bond motifs is 3. The number of hydrogen-bond donors (Lipinski definition) is 2. The van der Waals surface area contributed by atoms with E-state index in [4.69, 9.17) is 0 Å². The highest BCUT2D eigenvalue weighted by Crippen LogP contribution is 2.25. The zero-order valence-electron chi connectivity index (χ0n) is 12.5. The average molecular weight is 341 g/mol. The van der Waals surface area contributed by atoms with E-state index in [9.17, 15) is 9.59 Å². The fourth-order valence-electron chi connectivity index (χ4n) is 2.41. The van der Waals surface area contributed by atoms with Crippen LogP contribution in [-0.4, -0.2) is 35.9 Å². The number of hydrogen-bond acceptors (Lipinski definition) is 7. The fourth-order valence-corrected chi connectivity index (χ4v) is 3.46. The fraction of sp³-hybridized carbons (Fsp3) is 0.143. The van der Waals surface area contributed by atoms with Gasteiger partial charge in [-0.1, -0.05) is 29.4 Å². The monoisotopic (exact) mass is 341 g/mol. The predicted octanol–water partition coefficient (Wildman–Crippen LogP) is 1.24. The van der Waals surface area contributed by atoms with Gasteiger partial charge in [0.05, 0.1) is 10.2 Å². The molecule has 1 aromatic carbocycles. The summed E-state index contributed by atoms with van der Waals surface area (Å²) in [5, 5.41) is 15.1. The van der Waals surface area contributed by atoms with Gasteiger partial charge in [0, 0.05) is 6.20 Å². The number of aromatic nitrogens is 6. The Kier molecular flexibility index (Phi) is 3.31. The van der Waals surface area contributed by atoms with E-state index < -0.39 is 11.5 Å². The topological polar surface area (TPSA) is 118 Å². The van der Waals surface area contributed by atoms with Gasteiger partial charge in [0.15, 0.2) is 4.96 Å². The molecule has 0 aliphatic rings. The van der Waals surface area contributed by atoms with Crippen molar-refractivity contribution in [1.82, 2.24) is 30.0 Å². The number of carbonyl (C=O) groups excluding carboxylic acids is 1. The molecular formula is C14H11N7O2S. The number of nitrogens with one attached hydrogen (secondary N) is 2. The second-order valence-electron chi connectivity index (χ2n) is 5.06. The largest absolute Gasteiger partial charge is 0.289 e. The summed E-state index contributed by atoms with van der Waals surface area (Å²) >= 11 is 1.41. The van der Waals surface area contributed by atoms with Crippen LogP contribution in [0.2, 0.25) is 0 Å². The molecule has 3 heterocycles. The molecule has 4 rings (SSSR count). The second kappa shape index (κ2) is 5.49. The second-order valence-corrected chi connectivity index (χ2v) is 6.07. The van der Waals surface area contributed by atoms with Crippen LogP contribution >= 0.6 is 11.3 Å². The number of carbonyl (C=O) groups is 1. The van der Waals surface area contributed by atoms with Gasteiger partial charge in [-0.05, 0) is 34.5 Å². The van der Waals surface area contributed by atoms with Crippen LogP contribution < -0.4 is 10.9 Å². The van der Waals surface area contributed by atoms with Crippen molar-refractivity contribution in [2.45, 2.75) is 13.3 Å². The van der Waals surface area contributed by atoms with Gasteiger partial charge >= 0.3 is 0 Å².